The van der Waals surface area contributed by atoms with Crippen LogP contribution in [0, 0.1) is 6.92 Å². The topological polar surface area (TPSA) is 38.8 Å². The standard InChI is InChI=1S/C20H24ClNO3/c1-14-10-17(21)8-9-19(14)20(23)22(15(2)13-24-3)12-16-6-5-7-18(11-16)25-4/h5-11,15H,12-13H2,1-4H3. The van der Waals surface area contributed by atoms with Crippen molar-refractivity contribution in [3.63, 3.8) is 0 Å². The lowest BCUT2D eigenvalue weighted by Crippen LogP contribution is -2.40. The Morgan fingerprint density at radius 3 is 2.60 bits per heavy atom. The summed E-state index contributed by atoms with van der Waals surface area (Å²) >= 11 is 6.02. The molecule has 1 amide bonds. The molecule has 0 spiro atoms. The maximum atomic E-state index is 13.1. The van der Waals surface area contributed by atoms with Gasteiger partial charge in [-0.05, 0) is 55.3 Å². The van der Waals surface area contributed by atoms with Crippen LogP contribution in [0.5, 0.6) is 5.75 Å². The van der Waals surface area contributed by atoms with Gasteiger partial charge in [0.05, 0.1) is 19.8 Å². The van der Waals surface area contributed by atoms with Crippen LogP contribution in [0.25, 0.3) is 0 Å². The number of hydrogen-bond acceptors (Lipinski definition) is 3. The normalized spacial score (nSPS) is 11.9. The van der Waals surface area contributed by atoms with E-state index in [4.69, 9.17) is 21.1 Å². The Kier molecular flexibility index (Phi) is 6.85. The minimum Gasteiger partial charge on any atom is -0.497 e. The summed E-state index contributed by atoms with van der Waals surface area (Å²) < 4.78 is 10.5. The second-order valence-electron chi connectivity index (χ2n) is 6.05. The van der Waals surface area contributed by atoms with E-state index in [2.05, 4.69) is 0 Å². The number of carbonyl (C=O) groups is 1. The van der Waals surface area contributed by atoms with E-state index in [0.717, 1.165) is 16.9 Å². The van der Waals surface area contributed by atoms with Gasteiger partial charge in [-0.3, -0.25) is 4.79 Å². The van der Waals surface area contributed by atoms with Crippen LogP contribution in [0.1, 0.15) is 28.4 Å². The molecule has 25 heavy (non-hydrogen) atoms. The number of ether oxygens (including phenoxy) is 2. The number of carbonyl (C=O) groups excluding carboxylic acids is 1. The number of amides is 1. The number of methoxy groups -OCH3 is 2. The van der Waals surface area contributed by atoms with Crippen LogP contribution in [-0.4, -0.2) is 37.7 Å². The van der Waals surface area contributed by atoms with Crippen LogP contribution in [0.2, 0.25) is 5.02 Å². The largest absolute Gasteiger partial charge is 0.497 e. The average Bonchev–Trinajstić information content (AvgIpc) is 2.59. The second kappa shape index (κ2) is 8.88. The molecule has 0 aliphatic rings. The molecule has 2 aromatic carbocycles. The molecule has 1 atom stereocenters. The SMILES string of the molecule is COCC(C)N(Cc1cccc(OC)c1)C(=O)c1ccc(Cl)cc1C. The molecule has 0 fully saturated rings. The van der Waals surface area contributed by atoms with Gasteiger partial charge in [-0.1, -0.05) is 23.7 Å². The van der Waals surface area contributed by atoms with Crippen molar-refractivity contribution < 1.29 is 14.3 Å². The van der Waals surface area contributed by atoms with E-state index in [1.54, 1.807) is 32.4 Å². The van der Waals surface area contributed by atoms with Crippen LogP contribution in [0.15, 0.2) is 42.5 Å². The molecule has 0 radical (unpaired) electrons. The Morgan fingerprint density at radius 2 is 1.96 bits per heavy atom. The first kappa shape index (κ1) is 19.3. The lowest BCUT2D eigenvalue weighted by Gasteiger charge is -2.30. The molecule has 0 aromatic heterocycles. The van der Waals surface area contributed by atoms with Crippen molar-refractivity contribution in [2.24, 2.45) is 0 Å². The van der Waals surface area contributed by atoms with Gasteiger partial charge in [0, 0.05) is 24.2 Å². The van der Waals surface area contributed by atoms with Crippen molar-refractivity contribution >= 4 is 17.5 Å². The van der Waals surface area contributed by atoms with Crippen LogP contribution >= 0.6 is 11.6 Å². The molecule has 5 heteroatoms. The highest BCUT2D eigenvalue weighted by atomic mass is 35.5. The Labute approximate surface area is 154 Å². The minimum absolute atomic E-state index is 0.0402. The second-order valence-corrected chi connectivity index (χ2v) is 6.48. The summed E-state index contributed by atoms with van der Waals surface area (Å²) in [7, 11) is 3.27. The molecule has 4 nitrogen and oxygen atoms in total. The van der Waals surface area contributed by atoms with Crippen molar-refractivity contribution in [3.8, 4) is 5.75 Å². The highest BCUT2D eigenvalue weighted by molar-refractivity contribution is 6.30. The van der Waals surface area contributed by atoms with Gasteiger partial charge in [-0.2, -0.15) is 0 Å². The van der Waals surface area contributed by atoms with Crippen molar-refractivity contribution in [3.05, 3.63) is 64.2 Å². The molecule has 0 saturated heterocycles. The van der Waals surface area contributed by atoms with Gasteiger partial charge in [0.15, 0.2) is 0 Å². The lowest BCUT2D eigenvalue weighted by atomic mass is 10.1. The fourth-order valence-corrected chi connectivity index (χ4v) is 2.97. The predicted molar refractivity (Wildman–Crippen MR) is 100 cm³/mol. The zero-order chi connectivity index (χ0) is 18.4. The monoisotopic (exact) mass is 361 g/mol. The molecule has 0 aliphatic carbocycles. The molecule has 0 saturated carbocycles. The molecule has 0 N–H and O–H groups in total. The summed E-state index contributed by atoms with van der Waals surface area (Å²) in [5.41, 5.74) is 2.51. The van der Waals surface area contributed by atoms with E-state index in [1.165, 1.54) is 0 Å². The summed E-state index contributed by atoms with van der Waals surface area (Å²) in [6, 6.07) is 13.0. The van der Waals surface area contributed by atoms with Crippen LogP contribution in [-0.2, 0) is 11.3 Å². The highest BCUT2D eigenvalue weighted by Crippen LogP contribution is 2.21. The van der Waals surface area contributed by atoms with Gasteiger partial charge in [0.1, 0.15) is 5.75 Å². The summed E-state index contributed by atoms with van der Waals surface area (Å²) in [6.07, 6.45) is 0. The van der Waals surface area contributed by atoms with Gasteiger partial charge in [-0.15, -0.1) is 0 Å². The van der Waals surface area contributed by atoms with E-state index < -0.39 is 0 Å². The van der Waals surface area contributed by atoms with Crippen LogP contribution < -0.4 is 4.74 Å². The predicted octanol–water partition coefficient (Wildman–Crippen LogP) is 4.33. The molecule has 2 aromatic rings. The number of rotatable bonds is 7. The Morgan fingerprint density at radius 1 is 1.20 bits per heavy atom. The van der Waals surface area contributed by atoms with Gasteiger partial charge >= 0.3 is 0 Å². The van der Waals surface area contributed by atoms with Gasteiger partial charge in [0.2, 0.25) is 0 Å². The summed E-state index contributed by atoms with van der Waals surface area (Å²) in [6.45, 7) is 4.81. The van der Waals surface area contributed by atoms with Gasteiger partial charge in [-0.25, -0.2) is 0 Å². The van der Waals surface area contributed by atoms with E-state index in [0.29, 0.717) is 23.7 Å². The Hall–Kier alpha value is -2.04. The smallest absolute Gasteiger partial charge is 0.254 e. The summed E-state index contributed by atoms with van der Waals surface area (Å²) in [5, 5.41) is 0.623. The molecule has 0 heterocycles. The van der Waals surface area contributed by atoms with Crippen LogP contribution in [0.3, 0.4) is 0 Å². The fourth-order valence-electron chi connectivity index (χ4n) is 2.75. The number of halogens is 1. The highest BCUT2D eigenvalue weighted by Gasteiger charge is 2.23. The van der Waals surface area contributed by atoms with E-state index >= 15 is 0 Å². The molecule has 2 rings (SSSR count). The number of nitrogens with zero attached hydrogens (tertiary/aromatic N) is 1. The van der Waals surface area contributed by atoms with Crippen molar-refractivity contribution in [1.29, 1.82) is 0 Å². The fraction of sp³-hybridized carbons (Fsp3) is 0.350. The maximum Gasteiger partial charge on any atom is 0.254 e. The zero-order valence-corrected chi connectivity index (χ0v) is 15.8. The van der Waals surface area contributed by atoms with Gasteiger partial charge in [0.25, 0.3) is 5.91 Å². The number of hydrogen-bond donors (Lipinski definition) is 0. The van der Waals surface area contributed by atoms with E-state index in [1.807, 2.05) is 43.0 Å². The molecule has 0 bridgehead atoms. The third kappa shape index (κ3) is 4.97. The maximum absolute atomic E-state index is 13.1. The molecule has 0 aliphatic heterocycles. The minimum atomic E-state index is -0.0706. The third-order valence-corrected chi connectivity index (χ3v) is 4.34. The van der Waals surface area contributed by atoms with Crippen LogP contribution in [0.4, 0.5) is 0 Å². The van der Waals surface area contributed by atoms with Crippen molar-refractivity contribution in [2.45, 2.75) is 26.4 Å². The quantitative estimate of drug-likeness (QED) is 0.736. The van der Waals surface area contributed by atoms with Gasteiger partial charge < -0.3 is 14.4 Å². The number of aryl methyl sites for hydroxylation is 1. The number of benzene rings is 2. The third-order valence-electron chi connectivity index (χ3n) is 4.11. The molecular weight excluding hydrogens is 338 g/mol. The first-order valence-corrected chi connectivity index (χ1v) is 8.53. The lowest BCUT2D eigenvalue weighted by molar-refractivity contribution is 0.0541. The van der Waals surface area contributed by atoms with E-state index in [9.17, 15) is 4.79 Å². The van der Waals surface area contributed by atoms with Crippen molar-refractivity contribution in [2.75, 3.05) is 20.8 Å². The van der Waals surface area contributed by atoms with E-state index in [-0.39, 0.29) is 11.9 Å². The molecule has 1 unspecified atom stereocenters. The average molecular weight is 362 g/mol. The first-order valence-electron chi connectivity index (χ1n) is 8.15. The zero-order valence-electron chi connectivity index (χ0n) is 15.1. The Bertz CT molecular complexity index is 733. The summed E-state index contributed by atoms with van der Waals surface area (Å²) in [5.74, 6) is 0.730. The summed E-state index contributed by atoms with van der Waals surface area (Å²) in [4.78, 5) is 15.0. The Balaban J connectivity index is 2.32. The first-order chi connectivity index (χ1) is 12.0. The van der Waals surface area contributed by atoms with Crippen molar-refractivity contribution in [1.82, 2.24) is 4.90 Å². The molecular formula is C20H24ClNO3. The molecule has 134 valence electrons.